The summed E-state index contributed by atoms with van der Waals surface area (Å²) in [6.07, 6.45) is 3.06. The number of carboxylic acids is 1. The molecule has 0 heterocycles. The molecule has 1 unspecified atom stereocenters. The van der Waals surface area contributed by atoms with E-state index in [4.69, 9.17) is 5.11 Å². The van der Waals surface area contributed by atoms with E-state index < -0.39 is 32.0 Å². The molecule has 0 aromatic heterocycles. The normalized spacial score (nSPS) is 20.0. The summed E-state index contributed by atoms with van der Waals surface area (Å²) in [6, 6.07) is 14.3. The third kappa shape index (κ3) is 4.36. The van der Waals surface area contributed by atoms with Gasteiger partial charge in [0.2, 0.25) is 7.37 Å². The van der Waals surface area contributed by atoms with E-state index in [0.717, 1.165) is 48.0 Å². The number of hydrogen-bond acceptors (Lipinski definition) is 3. The van der Waals surface area contributed by atoms with Crippen LogP contribution in [-0.2, 0) is 14.8 Å². The topological polar surface area (TPSA) is 94.8 Å². The van der Waals surface area contributed by atoms with E-state index in [1.54, 1.807) is 18.2 Å². The van der Waals surface area contributed by atoms with Crippen LogP contribution < -0.4 is 0 Å². The quantitative estimate of drug-likeness (QED) is 0.506. The lowest BCUT2D eigenvalue weighted by molar-refractivity contribution is -0.138. The summed E-state index contributed by atoms with van der Waals surface area (Å²) < 4.78 is 26.4. The van der Waals surface area contributed by atoms with Crippen LogP contribution in [-0.4, -0.2) is 33.3 Å². The molecule has 3 N–H and O–H groups in total. The number of rotatable bonds is 7. The van der Waals surface area contributed by atoms with Crippen LogP contribution in [0.2, 0.25) is 0 Å². The summed E-state index contributed by atoms with van der Waals surface area (Å²) in [6.45, 7) is 0. The number of aliphatic hydroxyl groups excluding tert-OH is 1. The molecule has 32 heavy (non-hydrogen) atoms. The minimum absolute atomic E-state index is 0.281. The van der Waals surface area contributed by atoms with E-state index in [1.165, 1.54) is 23.5 Å². The highest BCUT2D eigenvalue weighted by Gasteiger charge is 2.46. The maximum atomic E-state index is 13.6. The van der Waals surface area contributed by atoms with Crippen molar-refractivity contribution in [3.8, 4) is 0 Å². The number of benzene rings is 2. The summed E-state index contributed by atoms with van der Waals surface area (Å²) in [5.41, 5.74) is 4.61. The smallest absolute Gasteiger partial charge is 0.305 e. The fourth-order valence-corrected chi connectivity index (χ4v) is 6.39. The number of aliphatic hydroxyl groups is 1. The molecule has 2 aromatic rings. The van der Waals surface area contributed by atoms with Gasteiger partial charge >= 0.3 is 5.97 Å². The van der Waals surface area contributed by atoms with Crippen molar-refractivity contribution >= 4 is 18.9 Å². The summed E-state index contributed by atoms with van der Waals surface area (Å²) in [5.74, 6) is -0.331. The molecule has 0 aliphatic heterocycles. The molecular formula is C25H26FO5P. The van der Waals surface area contributed by atoms with Crippen molar-refractivity contribution in [2.45, 2.75) is 43.6 Å². The fourth-order valence-electron chi connectivity index (χ4n) is 5.16. The number of allylic oxidation sites excluding steroid dienone is 2. The number of halogens is 1. The summed E-state index contributed by atoms with van der Waals surface area (Å²) in [4.78, 5) is 21.2. The average molecular weight is 456 g/mol. The van der Waals surface area contributed by atoms with E-state index in [9.17, 15) is 23.7 Å². The van der Waals surface area contributed by atoms with Gasteiger partial charge in [0.1, 0.15) is 5.82 Å². The molecule has 7 heteroatoms. The van der Waals surface area contributed by atoms with Crippen molar-refractivity contribution in [1.29, 1.82) is 0 Å². The van der Waals surface area contributed by atoms with Crippen LogP contribution >= 0.6 is 7.37 Å². The van der Waals surface area contributed by atoms with Crippen LogP contribution in [0.15, 0.2) is 66.0 Å². The Balaban J connectivity index is 1.81. The van der Waals surface area contributed by atoms with Crippen LogP contribution in [0.1, 0.15) is 48.8 Å². The van der Waals surface area contributed by atoms with Gasteiger partial charge in [-0.25, -0.2) is 4.39 Å². The Hall–Kier alpha value is -2.53. The Morgan fingerprint density at radius 3 is 2.44 bits per heavy atom. The summed E-state index contributed by atoms with van der Waals surface area (Å²) >= 11 is 0. The molecule has 0 saturated heterocycles. The van der Waals surface area contributed by atoms with Gasteiger partial charge in [0.15, 0.2) is 0 Å². The number of fused-ring (bicyclic) bond motifs is 2. The number of aliphatic carboxylic acids is 1. The first-order chi connectivity index (χ1) is 15.2. The number of carboxylic acid groups (broad SMARTS) is 1. The van der Waals surface area contributed by atoms with Crippen molar-refractivity contribution in [2.24, 2.45) is 0 Å². The second kappa shape index (κ2) is 8.78. The van der Waals surface area contributed by atoms with Gasteiger partial charge in [-0.05, 0) is 52.8 Å². The van der Waals surface area contributed by atoms with Crippen molar-refractivity contribution in [2.75, 3.05) is 6.16 Å². The summed E-state index contributed by atoms with van der Waals surface area (Å²) in [7, 11) is -3.92. The van der Waals surface area contributed by atoms with Gasteiger partial charge in [-0.3, -0.25) is 9.36 Å². The van der Waals surface area contributed by atoms with Gasteiger partial charge in [0.25, 0.3) is 0 Å². The zero-order valence-electron chi connectivity index (χ0n) is 17.6. The third-order valence-corrected chi connectivity index (χ3v) is 8.00. The molecule has 2 aromatic carbocycles. The lowest BCUT2D eigenvalue weighted by atomic mass is 9.75. The van der Waals surface area contributed by atoms with E-state index in [2.05, 4.69) is 6.07 Å². The predicted octanol–water partition coefficient (Wildman–Crippen LogP) is 5.07. The average Bonchev–Trinajstić information content (AvgIpc) is 3.31. The highest BCUT2D eigenvalue weighted by Crippen LogP contribution is 2.58. The number of carbonyl (C=O) groups is 1. The lowest BCUT2D eigenvalue weighted by Gasteiger charge is -2.28. The second-order valence-corrected chi connectivity index (χ2v) is 10.8. The molecule has 5 nitrogen and oxygen atoms in total. The van der Waals surface area contributed by atoms with Crippen LogP contribution in [0.5, 0.6) is 0 Å². The monoisotopic (exact) mass is 456 g/mol. The SMILES string of the molecule is O=C(O)C[C@H](O)CP(=O)(O)/C=C/C1=C(c2ccc(F)cc2)c2ccccc2C12CCCC2. The van der Waals surface area contributed by atoms with Crippen LogP contribution in [0, 0.1) is 5.82 Å². The van der Waals surface area contributed by atoms with E-state index >= 15 is 0 Å². The molecule has 2 aliphatic rings. The minimum atomic E-state index is -3.92. The Bertz CT molecular complexity index is 1130. The van der Waals surface area contributed by atoms with Gasteiger partial charge in [0, 0.05) is 11.2 Å². The maximum Gasteiger partial charge on any atom is 0.305 e. The molecule has 2 atom stereocenters. The lowest BCUT2D eigenvalue weighted by Crippen LogP contribution is -2.21. The molecule has 1 fully saturated rings. The first-order valence-electron chi connectivity index (χ1n) is 10.7. The molecule has 2 aliphatic carbocycles. The Morgan fingerprint density at radius 1 is 1.12 bits per heavy atom. The molecule has 1 spiro atoms. The van der Waals surface area contributed by atoms with Gasteiger partial charge in [-0.1, -0.05) is 55.3 Å². The molecule has 1 saturated carbocycles. The van der Waals surface area contributed by atoms with Gasteiger partial charge in [0.05, 0.1) is 18.7 Å². The predicted molar refractivity (Wildman–Crippen MR) is 121 cm³/mol. The molecule has 4 rings (SSSR count). The largest absolute Gasteiger partial charge is 0.481 e. The highest BCUT2D eigenvalue weighted by atomic mass is 31.2. The molecular weight excluding hydrogens is 430 g/mol. The number of hydrogen-bond donors (Lipinski definition) is 3. The first-order valence-corrected chi connectivity index (χ1v) is 12.6. The fraction of sp³-hybridized carbons (Fsp3) is 0.320. The Kier molecular flexibility index (Phi) is 6.22. The Labute approximate surface area is 186 Å². The van der Waals surface area contributed by atoms with Crippen molar-refractivity contribution in [3.63, 3.8) is 0 Å². The standard InChI is InChI=1S/C25H26FO5P/c26-18-9-7-17(8-10-18)24-20-5-1-2-6-21(20)25(12-3-4-13-25)22(24)11-14-32(30,31)16-19(27)15-23(28)29/h1-2,5-11,14,19,27H,3-4,12-13,15-16H2,(H,28,29)(H,30,31)/b14-11+/t19-/m0/s1. The van der Waals surface area contributed by atoms with Gasteiger partial charge in [-0.2, -0.15) is 0 Å². The van der Waals surface area contributed by atoms with Crippen molar-refractivity contribution < 1.29 is 28.9 Å². The zero-order valence-corrected chi connectivity index (χ0v) is 18.5. The maximum absolute atomic E-state index is 13.6. The van der Waals surface area contributed by atoms with Crippen molar-refractivity contribution in [1.82, 2.24) is 0 Å². The molecule has 0 amide bonds. The Morgan fingerprint density at radius 2 is 1.78 bits per heavy atom. The van der Waals surface area contributed by atoms with Crippen molar-refractivity contribution in [3.05, 3.63) is 88.5 Å². The van der Waals surface area contributed by atoms with Crippen LogP contribution in [0.4, 0.5) is 4.39 Å². The van der Waals surface area contributed by atoms with Crippen LogP contribution in [0.3, 0.4) is 0 Å². The molecule has 0 radical (unpaired) electrons. The minimum Gasteiger partial charge on any atom is -0.481 e. The highest BCUT2D eigenvalue weighted by molar-refractivity contribution is 7.61. The third-order valence-electron chi connectivity index (χ3n) is 6.44. The van der Waals surface area contributed by atoms with Gasteiger partial charge < -0.3 is 15.1 Å². The van der Waals surface area contributed by atoms with E-state index in [1.807, 2.05) is 18.2 Å². The zero-order chi connectivity index (χ0) is 22.9. The molecule has 168 valence electrons. The molecule has 0 bridgehead atoms. The van der Waals surface area contributed by atoms with E-state index in [0.29, 0.717) is 0 Å². The van der Waals surface area contributed by atoms with Crippen LogP contribution in [0.25, 0.3) is 5.57 Å². The summed E-state index contributed by atoms with van der Waals surface area (Å²) in [5, 5.41) is 18.7. The van der Waals surface area contributed by atoms with E-state index in [-0.39, 0.29) is 11.2 Å². The first kappa shape index (κ1) is 22.7. The van der Waals surface area contributed by atoms with Gasteiger partial charge in [-0.15, -0.1) is 0 Å². The second-order valence-electron chi connectivity index (χ2n) is 8.64.